The minimum Gasteiger partial charge on any atom is -0.330 e. The van der Waals surface area contributed by atoms with Crippen molar-refractivity contribution in [2.24, 2.45) is 11.5 Å². The molecule has 86 valence electrons. The van der Waals surface area contributed by atoms with E-state index in [4.69, 9.17) is 11.5 Å². The Hall–Kier alpha value is -0.680. The molecular weight excluding hydrogens is 236 g/mol. The van der Waals surface area contributed by atoms with Gasteiger partial charge in [0.15, 0.2) is 0 Å². The Morgan fingerprint density at radius 3 is 2.44 bits per heavy atom. The zero-order valence-corrected chi connectivity index (χ0v) is 10.6. The fourth-order valence-corrected chi connectivity index (χ4v) is 3.50. The molecule has 0 radical (unpaired) electrons. The number of hydrogen-bond acceptors (Lipinski definition) is 4. The van der Waals surface area contributed by atoms with E-state index in [1.54, 1.807) is 22.7 Å². The average molecular weight is 252 g/mol. The highest BCUT2D eigenvalue weighted by molar-refractivity contribution is 7.10. The van der Waals surface area contributed by atoms with Gasteiger partial charge in [-0.25, -0.2) is 0 Å². The number of thiophene rings is 2. The van der Waals surface area contributed by atoms with Gasteiger partial charge in [-0.05, 0) is 29.3 Å². The highest BCUT2D eigenvalue weighted by Gasteiger charge is 2.19. The lowest BCUT2D eigenvalue weighted by atomic mass is 9.95. The van der Waals surface area contributed by atoms with Crippen molar-refractivity contribution in [3.05, 3.63) is 44.8 Å². The van der Waals surface area contributed by atoms with E-state index in [1.807, 2.05) is 0 Å². The van der Waals surface area contributed by atoms with Crippen LogP contribution < -0.4 is 11.5 Å². The average Bonchev–Trinajstić information content (AvgIpc) is 2.91. The van der Waals surface area contributed by atoms with Gasteiger partial charge in [-0.2, -0.15) is 0 Å². The van der Waals surface area contributed by atoms with E-state index < -0.39 is 0 Å². The summed E-state index contributed by atoms with van der Waals surface area (Å²) in [6.45, 7) is 0.618. The van der Waals surface area contributed by atoms with Crippen LogP contribution in [0, 0.1) is 0 Å². The summed E-state index contributed by atoms with van der Waals surface area (Å²) in [5, 5.41) is 4.17. The van der Waals surface area contributed by atoms with Crippen molar-refractivity contribution in [3.8, 4) is 0 Å². The Kier molecular flexibility index (Phi) is 4.12. The molecule has 2 heterocycles. The maximum Gasteiger partial charge on any atom is 0.0210 e. The predicted molar refractivity (Wildman–Crippen MR) is 72.1 cm³/mol. The van der Waals surface area contributed by atoms with Crippen LogP contribution in [-0.2, 0) is 6.42 Å². The van der Waals surface area contributed by atoms with Gasteiger partial charge in [0.1, 0.15) is 0 Å². The SMILES string of the molecule is NCC(c1cccs1)C(N)Cc1cccs1. The third-order valence-electron chi connectivity index (χ3n) is 2.70. The van der Waals surface area contributed by atoms with E-state index in [0.29, 0.717) is 6.54 Å². The molecule has 0 aliphatic rings. The van der Waals surface area contributed by atoms with Crippen molar-refractivity contribution in [2.45, 2.75) is 18.4 Å². The first-order chi connectivity index (χ1) is 7.81. The molecule has 2 aromatic rings. The van der Waals surface area contributed by atoms with Crippen LogP contribution >= 0.6 is 22.7 Å². The van der Waals surface area contributed by atoms with Crippen molar-refractivity contribution >= 4 is 22.7 Å². The van der Waals surface area contributed by atoms with Crippen molar-refractivity contribution < 1.29 is 0 Å². The summed E-state index contributed by atoms with van der Waals surface area (Å²) in [6, 6.07) is 8.49. The second kappa shape index (κ2) is 5.59. The second-order valence-corrected chi connectivity index (χ2v) is 5.82. The lowest BCUT2D eigenvalue weighted by Gasteiger charge is -2.20. The molecule has 2 rings (SSSR count). The maximum absolute atomic E-state index is 6.24. The molecule has 0 saturated carbocycles. The van der Waals surface area contributed by atoms with E-state index in [0.717, 1.165) is 6.42 Å². The van der Waals surface area contributed by atoms with Crippen molar-refractivity contribution in [1.82, 2.24) is 0 Å². The van der Waals surface area contributed by atoms with E-state index in [2.05, 4.69) is 35.0 Å². The Morgan fingerprint density at radius 1 is 1.12 bits per heavy atom. The van der Waals surface area contributed by atoms with Gasteiger partial charge >= 0.3 is 0 Å². The standard InChI is InChI=1S/C12H16N2S2/c13-8-10(12-4-2-6-16-12)11(14)7-9-3-1-5-15-9/h1-6,10-11H,7-8,13-14H2. The van der Waals surface area contributed by atoms with Crippen LogP contribution in [0.25, 0.3) is 0 Å². The van der Waals surface area contributed by atoms with Gasteiger partial charge in [0.25, 0.3) is 0 Å². The Morgan fingerprint density at radius 2 is 1.88 bits per heavy atom. The van der Waals surface area contributed by atoms with E-state index in [9.17, 15) is 0 Å². The first kappa shape index (κ1) is 11.8. The van der Waals surface area contributed by atoms with Crippen LogP contribution in [0.4, 0.5) is 0 Å². The van der Waals surface area contributed by atoms with Gasteiger partial charge in [-0.1, -0.05) is 12.1 Å². The third kappa shape index (κ3) is 2.71. The smallest absolute Gasteiger partial charge is 0.0210 e. The van der Waals surface area contributed by atoms with Gasteiger partial charge in [-0.3, -0.25) is 0 Å². The quantitative estimate of drug-likeness (QED) is 0.858. The summed E-state index contributed by atoms with van der Waals surface area (Å²) < 4.78 is 0. The van der Waals surface area contributed by atoms with Crippen LogP contribution in [0.2, 0.25) is 0 Å². The summed E-state index contributed by atoms with van der Waals surface area (Å²) in [4.78, 5) is 2.63. The molecule has 2 unspecified atom stereocenters. The minimum atomic E-state index is 0.113. The zero-order valence-electron chi connectivity index (χ0n) is 9.00. The molecule has 2 aromatic heterocycles. The molecule has 4 heteroatoms. The summed E-state index contributed by atoms with van der Waals surface area (Å²) in [5.74, 6) is 0.280. The summed E-state index contributed by atoms with van der Waals surface area (Å²) in [5.41, 5.74) is 12.1. The highest BCUT2D eigenvalue weighted by Crippen LogP contribution is 2.25. The first-order valence-electron chi connectivity index (χ1n) is 5.32. The van der Waals surface area contributed by atoms with Crippen LogP contribution in [0.3, 0.4) is 0 Å². The molecule has 0 saturated heterocycles. The van der Waals surface area contributed by atoms with Gasteiger partial charge < -0.3 is 11.5 Å². The number of nitrogens with two attached hydrogens (primary N) is 2. The highest BCUT2D eigenvalue weighted by atomic mass is 32.1. The molecule has 0 aliphatic heterocycles. The molecule has 4 N–H and O–H groups in total. The summed E-state index contributed by atoms with van der Waals surface area (Å²) in [7, 11) is 0. The Labute approximate surface area is 104 Å². The fraction of sp³-hybridized carbons (Fsp3) is 0.333. The molecule has 0 spiro atoms. The molecule has 0 amide bonds. The summed E-state index contributed by atoms with van der Waals surface area (Å²) >= 11 is 3.50. The van der Waals surface area contributed by atoms with E-state index in [-0.39, 0.29) is 12.0 Å². The van der Waals surface area contributed by atoms with E-state index >= 15 is 0 Å². The fourth-order valence-electron chi connectivity index (χ4n) is 1.81. The van der Waals surface area contributed by atoms with Crippen molar-refractivity contribution in [1.29, 1.82) is 0 Å². The minimum absolute atomic E-state index is 0.113. The monoisotopic (exact) mass is 252 g/mol. The molecule has 0 fully saturated rings. The van der Waals surface area contributed by atoms with Gasteiger partial charge in [0, 0.05) is 28.3 Å². The lowest BCUT2D eigenvalue weighted by molar-refractivity contribution is 0.545. The molecular formula is C12H16N2S2. The topological polar surface area (TPSA) is 52.0 Å². The van der Waals surface area contributed by atoms with Crippen LogP contribution in [0.5, 0.6) is 0 Å². The number of hydrogen-bond donors (Lipinski definition) is 2. The van der Waals surface area contributed by atoms with Crippen molar-refractivity contribution in [3.63, 3.8) is 0 Å². The molecule has 0 bridgehead atoms. The third-order valence-corrected chi connectivity index (χ3v) is 4.60. The predicted octanol–water partition coefficient (Wildman–Crippen LogP) is 2.42. The number of rotatable bonds is 5. The van der Waals surface area contributed by atoms with Gasteiger partial charge in [0.2, 0.25) is 0 Å². The molecule has 16 heavy (non-hydrogen) atoms. The largest absolute Gasteiger partial charge is 0.330 e. The van der Waals surface area contributed by atoms with Crippen LogP contribution in [0.15, 0.2) is 35.0 Å². The van der Waals surface area contributed by atoms with Gasteiger partial charge in [0.05, 0.1) is 0 Å². The second-order valence-electron chi connectivity index (χ2n) is 3.80. The van der Waals surface area contributed by atoms with E-state index in [1.165, 1.54) is 9.75 Å². The summed E-state index contributed by atoms with van der Waals surface area (Å²) in [6.07, 6.45) is 0.914. The Bertz CT molecular complexity index is 395. The van der Waals surface area contributed by atoms with Crippen LogP contribution in [-0.4, -0.2) is 12.6 Å². The van der Waals surface area contributed by atoms with Crippen molar-refractivity contribution in [2.75, 3.05) is 6.54 Å². The first-order valence-corrected chi connectivity index (χ1v) is 7.08. The molecule has 2 nitrogen and oxygen atoms in total. The zero-order chi connectivity index (χ0) is 11.4. The van der Waals surface area contributed by atoms with Crippen LogP contribution in [0.1, 0.15) is 15.7 Å². The molecule has 2 atom stereocenters. The maximum atomic E-state index is 6.24. The normalized spacial score (nSPS) is 14.9. The van der Waals surface area contributed by atoms with Gasteiger partial charge in [-0.15, -0.1) is 22.7 Å². The molecule has 0 aromatic carbocycles. The lowest BCUT2D eigenvalue weighted by Crippen LogP contribution is -2.34. The molecule has 0 aliphatic carbocycles. The Balaban J connectivity index is 2.04.